The number of aromatic nitrogens is 2. The minimum Gasteiger partial charge on any atom is -0.365 e. The molecule has 0 spiro atoms. The zero-order valence-corrected chi connectivity index (χ0v) is 8.24. The maximum Gasteiger partial charge on any atom is 0.260 e. The molecule has 0 fully saturated rings. The summed E-state index contributed by atoms with van der Waals surface area (Å²) in [5.41, 5.74) is 11.3. The summed E-state index contributed by atoms with van der Waals surface area (Å²) in [6.07, 6.45) is 0.786. The van der Waals surface area contributed by atoms with E-state index in [0.717, 1.165) is 6.42 Å². The molecule has 0 aromatic carbocycles. The fourth-order valence-electron chi connectivity index (χ4n) is 1.14. The van der Waals surface area contributed by atoms with Crippen molar-refractivity contribution in [3.8, 4) is 0 Å². The van der Waals surface area contributed by atoms with E-state index in [4.69, 9.17) is 16.0 Å². The van der Waals surface area contributed by atoms with Crippen LogP contribution in [-0.2, 0) is 0 Å². The van der Waals surface area contributed by atoms with E-state index in [0.29, 0.717) is 5.89 Å². The van der Waals surface area contributed by atoms with E-state index in [2.05, 4.69) is 30.9 Å². The molecule has 0 radical (unpaired) electrons. The molecule has 1 heterocycles. The molecule has 0 saturated carbocycles. The Balaban J connectivity index is 2.64. The monoisotopic (exact) mass is 184 g/mol. The minimum atomic E-state index is -0.232. The topological polar surface area (TPSA) is 91.0 Å². The highest BCUT2D eigenvalue weighted by atomic mass is 16.5. The van der Waals surface area contributed by atoms with Crippen LogP contribution in [0.15, 0.2) is 4.52 Å². The van der Waals surface area contributed by atoms with Crippen molar-refractivity contribution in [1.82, 2.24) is 10.1 Å². The summed E-state index contributed by atoms with van der Waals surface area (Å²) in [4.78, 5) is 3.87. The summed E-state index contributed by atoms with van der Waals surface area (Å²) in [6, 6.07) is -0.232. The van der Waals surface area contributed by atoms with Crippen LogP contribution in [0.3, 0.4) is 0 Å². The van der Waals surface area contributed by atoms with E-state index in [9.17, 15) is 0 Å². The summed E-state index contributed by atoms with van der Waals surface area (Å²) in [6.45, 7) is 6.31. The van der Waals surface area contributed by atoms with Gasteiger partial charge in [0.1, 0.15) is 0 Å². The van der Waals surface area contributed by atoms with Gasteiger partial charge in [-0.3, -0.25) is 0 Å². The van der Waals surface area contributed by atoms with Crippen molar-refractivity contribution in [1.29, 1.82) is 0 Å². The Morgan fingerprint density at radius 2 is 2.08 bits per heavy atom. The van der Waals surface area contributed by atoms with Crippen LogP contribution >= 0.6 is 0 Å². The Bertz CT molecular complexity index is 276. The Hall–Kier alpha value is -1.10. The Kier molecular flexibility index (Phi) is 2.56. The highest BCUT2D eigenvalue weighted by molar-refractivity contribution is 5.11. The molecule has 0 saturated heterocycles. The number of nitrogens with zero attached hydrogens (tertiary/aromatic N) is 2. The standard InChI is InChI=1S/C8H16N4O/c1-8(2,3)4-5(9)6-11-7(10)12-13-6/h5H,4,9H2,1-3H3,(H2,10,12). The van der Waals surface area contributed by atoms with Crippen molar-refractivity contribution in [3.05, 3.63) is 5.89 Å². The number of nitrogen functional groups attached to an aromatic ring is 1. The molecular formula is C8H16N4O. The zero-order valence-electron chi connectivity index (χ0n) is 8.24. The van der Waals surface area contributed by atoms with Gasteiger partial charge in [-0.1, -0.05) is 20.8 Å². The van der Waals surface area contributed by atoms with E-state index in [1.165, 1.54) is 0 Å². The lowest BCUT2D eigenvalue weighted by molar-refractivity contribution is 0.287. The molecule has 0 aliphatic heterocycles. The van der Waals surface area contributed by atoms with Gasteiger partial charge < -0.3 is 16.0 Å². The SMILES string of the molecule is CC(C)(C)CC(N)c1nc(N)no1. The summed E-state index contributed by atoms with van der Waals surface area (Å²) < 4.78 is 4.86. The lowest BCUT2D eigenvalue weighted by Gasteiger charge is -2.20. The molecular weight excluding hydrogens is 168 g/mol. The van der Waals surface area contributed by atoms with E-state index in [-0.39, 0.29) is 17.4 Å². The quantitative estimate of drug-likeness (QED) is 0.717. The van der Waals surface area contributed by atoms with Crippen LogP contribution in [0.5, 0.6) is 0 Å². The lowest BCUT2D eigenvalue weighted by Crippen LogP contribution is -2.19. The molecule has 0 bridgehead atoms. The maximum atomic E-state index is 5.84. The summed E-state index contributed by atoms with van der Waals surface area (Å²) in [7, 11) is 0. The van der Waals surface area contributed by atoms with Crippen molar-refractivity contribution >= 4 is 5.95 Å². The zero-order chi connectivity index (χ0) is 10.1. The van der Waals surface area contributed by atoms with Crippen LogP contribution in [0.1, 0.15) is 39.1 Å². The van der Waals surface area contributed by atoms with Crippen LogP contribution < -0.4 is 11.5 Å². The second-order valence-corrected chi connectivity index (χ2v) is 4.36. The van der Waals surface area contributed by atoms with Crippen LogP contribution in [0, 0.1) is 5.41 Å². The third kappa shape index (κ3) is 3.02. The Morgan fingerprint density at radius 1 is 1.46 bits per heavy atom. The third-order valence-corrected chi connectivity index (χ3v) is 1.61. The largest absolute Gasteiger partial charge is 0.365 e. The van der Waals surface area contributed by atoms with Crippen LogP contribution in [-0.4, -0.2) is 10.1 Å². The van der Waals surface area contributed by atoms with Gasteiger partial charge in [0.15, 0.2) is 0 Å². The van der Waals surface area contributed by atoms with Crippen molar-refractivity contribution < 1.29 is 4.52 Å². The molecule has 0 amide bonds. The number of anilines is 1. The molecule has 1 unspecified atom stereocenters. The average molecular weight is 184 g/mol. The molecule has 1 aromatic rings. The second-order valence-electron chi connectivity index (χ2n) is 4.36. The van der Waals surface area contributed by atoms with Crippen molar-refractivity contribution in [3.63, 3.8) is 0 Å². The van der Waals surface area contributed by atoms with E-state index < -0.39 is 0 Å². The molecule has 4 N–H and O–H groups in total. The average Bonchev–Trinajstić information content (AvgIpc) is 2.31. The third-order valence-electron chi connectivity index (χ3n) is 1.61. The summed E-state index contributed by atoms with van der Waals surface area (Å²) in [5, 5.41) is 3.48. The normalized spacial score (nSPS) is 14.5. The molecule has 74 valence electrons. The van der Waals surface area contributed by atoms with Gasteiger partial charge >= 0.3 is 0 Å². The summed E-state index contributed by atoms with van der Waals surface area (Å²) >= 11 is 0. The number of hydrogen-bond donors (Lipinski definition) is 2. The molecule has 5 heteroatoms. The second kappa shape index (κ2) is 3.33. The minimum absolute atomic E-state index is 0.138. The van der Waals surface area contributed by atoms with Crippen molar-refractivity contribution in [2.24, 2.45) is 11.1 Å². The fourth-order valence-corrected chi connectivity index (χ4v) is 1.14. The van der Waals surface area contributed by atoms with Crippen molar-refractivity contribution in [2.75, 3.05) is 5.73 Å². The molecule has 1 atom stereocenters. The van der Waals surface area contributed by atoms with Gasteiger partial charge in [0.2, 0.25) is 5.89 Å². The van der Waals surface area contributed by atoms with E-state index in [1.807, 2.05) is 0 Å². The van der Waals surface area contributed by atoms with Gasteiger partial charge in [-0.2, -0.15) is 4.98 Å². The Morgan fingerprint density at radius 3 is 2.46 bits per heavy atom. The van der Waals surface area contributed by atoms with Crippen molar-refractivity contribution in [2.45, 2.75) is 33.2 Å². The smallest absolute Gasteiger partial charge is 0.260 e. The molecule has 5 nitrogen and oxygen atoms in total. The number of rotatable bonds is 2. The van der Waals surface area contributed by atoms with Crippen LogP contribution in [0.4, 0.5) is 5.95 Å². The molecule has 1 aromatic heterocycles. The first-order valence-corrected chi connectivity index (χ1v) is 4.23. The van der Waals surface area contributed by atoms with Gasteiger partial charge in [-0.05, 0) is 17.0 Å². The number of nitrogens with two attached hydrogens (primary N) is 2. The fraction of sp³-hybridized carbons (Fsp3) is 0.750. The van der Waals surface area contributed by atoms with Crippen LogP contribution in [0.2, 0.25) is 0 Å². The predicted molar refractivity (Wildman–Crippen MR) is 49.7 cm³/mol. The van der Waals surface area contributed by atoms with Gasteiger partial charge in [0.05, 0.1) is 6.04 Å². The summed E-state index contributed by atoms with van der Waals surface area (Å²) in [5.74, 6) is 0.548. The van der Waals surface area contributed by atoms with E-state index in [1.54, 1.807) is 0 Å². The van der Waals surface area contributed by atoms with Gasteiger partial charge in [-0.25, -0.2) is 0 Å². The van der Waals surface area contributed by atoms with Gasteiger partial charge in [0, 0.05) is 0 Å². The predicted octanol–water partition coefficient (Wildman–Crippen LogP) is 1.09. The highest BCUT2D eigenvalue weighted by Gasteiger charge is 2.21. The molecule has 1 rings (SSSR count). The van der Waals surface area contributed by atoms with Gasteiger partial charge in [-0.15, -0.1) is 0 Å². The number of hydrogen-bond acceptors (Lipinski definition) is 5. The maximum absolute atomic E-state index is 5.84. The molecule has 13 heavy (non-hydrogen) atoms. The molecule has 0 aliphatic rings. The lowest BCUT2D eigenvalue weighted by atomic mass is 9.88. The van der Waals surface area contributed by atoms with Crippen LogP contribution in [0.25, 0.3) is 0 Å². The first-order valence-electron chi connectivity index (χ1n) is 4.23. The van der Waals surface area contributed by atoms with E-state index >= 15 is 0 Å². The highest BCUT2D eigenvalue weighted by Crippen LogP contribution is 2.26. The molecule has 0 aliphatic carbocycles. The Labute approximate surface area is 77.5 Å². The first-order chi connectivity index (χ1) is 5.88. The first kappa shape index (κ1) is 9.98. The van der Waals surface area contributed by atoms with Gasteiger partial charge in [0.25, 0.3) is 5.95 Å².